The molecule has 1 aliphatic heterocycles. The van der Waals surface area contributed by atoms with Gasteiger partial charge in [0.05, 0.1) is 5.92 Å². The van der Waals surface area contributed by atoms with Crippen molar-refractivity contribution < 1.29 is 18.0 Å². The number of hydrogen-bond donors (Lipinski definition) is 4. The van der Waals surface area contributed by atoms with Gasteiger partial charge in [-0.3, -0.25) is 15.5 Å². The number of hydrogen-bond acceptors (Lipinski definition) is 4. The fourth-order valence-corrected chi connectivity index (χ4v) is 5.00. The van der Waals surface area contributed by atoms with E-state index in [0.29, 0.717) is 17.9 Å². The van der Waals surface area contributed by atoms with Crippen LogP contribution in [0.1, 0.15) is 85.0 Å². The zero-order chi connectivity index (χ0) is 22.6. The number of hydrazine groups is 1. The van der Waals surface area contributed by atoms with Crippen LogP contribution in [0.3, 0.4) is 0 Å². The Morgan fingerprint density at radius 2 is 1.58 bits per heavy atom. The van der Waals surface area contributed by atoms with Gasteiger partial charge >= 0.3 is 6.18 Å². The molecule has 0 aromatic carbocycles. The minimum absolute atomic E-state index is 0.0118. The Bertz CT molecular complexity index is 632. The average molecular weight is 446 g/mol. The predicted molar refractivity (Wildman–Crippen MR) is 115 cm³/mol. The Kier molecular flexibility index (Phi) is 7.89. The molecule has 0 aromatic heterocycles. The molecule has 2 saturated carbocycles. The molecule has 1 saturated heterocycles. The summed E-state index contributed by atoms with van der Waals surface area (Å²) in [6.45, 7) is 5.94. The Morgan fingerprint density at radius 1 is 0.935 bits per heavy atom. The van der Waals surface area contributed by atoms with Gasteiger partial charge < -0.3 is 5.32 Å². The Hall–Kier alpha value is -1.35. The third-order valence-electron chi connectivity index (χ3n) is 6.71. The van der Waals surface area contributed by atoms with Crippen molar-refractivity contribution >= 4 is 11.9 Å². The van der Waals surface area contributed by atoms with Crippen molar-refractivity contribution in [2.75, 3.05) is 0 Å². The zero-order valence-corrected chi connectivity index (χ0v) is 18.9. The van der Waals surface area contributed by atoms with E-state index in [9.17, 15) is 18.0 Å². The van der Waals surface area contributed by atoms with Gasteiger partial charge in [0, 0.05) is 23.9 Å². The van der Waals surface area contributed by atoms with Gasteiger partial charge in [-0.25, -0.2) is 10.4 Å². The molecule has 2 aliphatic carbocycles. The van der Waals surface area contributed by atoms with E-state index < -0.39 is 18.0 Å². The molecule has 4 N–H and O–H groups in total. The number of alkyl halides is 3. The van der Waals surface area contributed by atoms with E-state index in [2.05, 4.69) is 21.5 Å². The molecule has 178 valence electrons. The van der Waals surface area contributed by atoms with Crippen molar-refractivity contribution in [2.45, 2.75) is 109 Å². The van der Waals surface area contributed by atoms with Crippen molar-refractivity contribution in [1.82, 2.24) is 21.5 Å². The lowest BCUT2D eigenvalue weighted by molar-refractivity contribution is -0.184. The number of guanidine groups is 1. The first-order valence-electron chi connectivity index (χ1n) is 11.8. The van der Waals surface area contributed by atoms with E-state index in [4.69, 9.17) is 4.99 Å². The van der Waals surface area contributed by atoms with E-state index in [-0.39, 0.29) is 43.3 Å². The van der Waals surface area contributed by atoms with Crippen LogP contribution >= 0.6 is 0 Å². The lowest BCUT2D eigenvalue weighted by Gasteiger charge is -2.30. The van der Waals surface area contributed by atoms with E-state index in [0.717, 1.165) is 6.42 Å². The fourth-order valence-electron chi connectivity index (χ4n) is 5.00. The first kappa shape index (κ1) is 24.3. The molecule has 31 heavy (non-hydrogen) atoms. The van der Waals surface area contributed by atoms with Crippen molar-refractivity contribution in [3.05, 3.63) is 0 Å². The first-order valence-corrected chi connectivity index (χ1v) is 11.8. The number of aliphatic imine (C=N–C) groups is 1. The summed E-state index contributed by atoms with van der Waals surface area (Å²) in [5.41, 5.74) is 6.31. The molecule has 3 aliphatic rings. The summed E-state index contributed by atoms with van der Waals surface area (Å²) in [4.78, 5) is 17.5. The van der Waals surface area contributed by atoms with E-state index >= 15 is 0 Å². The Morgan fingerprint density at radius 3 is 2.16 bits per heavy atom. The van der Waals surface area contributed by atoms with Gasteiger partial charge in [0.1, 0.15) is 6.17 Å². The van der Waals surface area contributed by atoms with Crippen molar-refractivity contribution in [3.8, 4) is 0 Å². The second-order valence-corrected chi connectivity index (χ2v) is 10.5. The second kappa shape index (κ2) is 10.1. The van der Waals surface area contributed by atoms with Gasteiger partial charge in [0.25, 0.3) is 0 Å². The molecule has 0 aromatic rings. The van der Waals surface area contributed by atoms with E-state index in [1.807, 2.05) is 20.8 Å². The molecule has 0 bridgehead atoms. The highest BCUT2D eigenvalue weighted by atomic mass is 19.4. The number of nitrogens with zero attached hydrogens (tertiary/aromatic N) is 1. The largest absolute Gasteiger partial charge is 0.391 e. The average Bonchev–Trinajstić information content (AvgIpc) is 3.15. The van der Waals surface area contributed by atoms with Crippen LogP contribution < -0.4 is 21.5 Å². The molecule has 2 unspecified atom stereocenters. The number of nitrogens with one attached hydrogen (secondary N) is 4. The second-order valence-electron chi connectivity index (χ2n) is 10.5. The molecule has 6 nitrogen and oxygen atoms in total. The van der Waals surface area contributed by atoms with Crippen molar-refractivity contribution in [1.29, 1.82) is 0 Å². The topological polar surface area (TPSA) is 77.6 Å². The Balaban J connectivity index is 1.58. The third kappa shape index (κ3) is 7.34. The number of carbonyl (C=O) groups is 1. The fraction of sp³-hybridized carbons (Fsp3) is 0.909. The summed E-state index contributed by atoms with van der Waals surface area (Å²) in [7, 11) is 0. The molecule has 3 rings (SSSR count). The molecule has 1 amide bonds. The third-order valence-corrected chi connectivity index (χ3v) is 6.71. The summed E-state index contributed by atoms with van der Waals surface area (Å²) in [5.74, 6) is -0.901. The lowest BCUT2D eigenvalue weighted by Crippen LogP contribution is -2.52. The van der Waals surface area contributed by atoms with E-state index in [1.165, 1.54) is 32.1 Å². The van der Waals surface area contributed by atoms with Crippen LogP contribution in [-0.2, 0) is 4.79 Å². The molecule has 1 heterocycles. The zero-order valence-electron chi connectivity index (χ0n) is 18.9. The normalized spacial score (nSPS) is 31.5. The Labute approximate surface area is 183 Å². The van der Waals surface area contributed by atoms with E-state index in [1.54, 1.807) is 0 Å². The van der Waals surface area contributed by atoms with Crippen LogP contribution in [0.2, 0.25) is 0 Å². The van der Waals surface area contributed by atoms with Crippen LogP contribution in [0.5, 0.6) is 0 Å². The number of halogens is 3. The van der Waals surface area contributed by atoms with Crippen LogP contribution in [0.25, 0.3) is 0 Å². The maximum Gasteiger partial charge on any atom is 0.391 e. The maximum atomic E-state index is 12.9. The molecular formula is C22H38F3N5O. The van der Waals surface area contributed by atoms with Crippen LogP contribution in [-0.4, -0.2) is 35.8 Å². The highest BCUT2D eigenvalue weighted by molar-refractivity contribution is 5.98. The molecule has 3 fully saturated rings. The maximum absolute atomic E-state index is 12.9. The van der Waals surface area contributed by atoms with Gasteiger partial charge in [-0.15, -0.1) is 0 Å². The number of rotatable bonds is 3. The van der Waals surface area contributed by atoms with Gasteiger partial charge in [-0.2, -0.15) is 13.2 Å². The van der Waals surface area contributed by atoms with Gasteiger partial charge in [0.2, 0.25) is 5.91 Å². The van der Waals surface area contributed by atoms with Crippen molar-refractivity contribution in [3.63, 3.8) is 0 Å². The van der Waals surface area contributed by atoms with Crippen LogP contribution in [0.4, 0.5) is 13.2 Å². The highest BCUT2D eigenvalue weighted by Gasteiger charge is 2.42. The molecule has 9 heteroatoms. The molecule has 2 atom stereocenters. The van der Waals surface area contributed by atoms with Crippen LogP contribution in [0, 0.1) is 17.8 Å². The van der Waals surface area contributed by atoms with Gasteiger partial charge in [0.15, 0.2) is 5.96 Å². The smallest absolute Gasteiger partial charge is 0.351 e. The quantitative estimate of drug-likeness (QED) is 0.391. The monoisotopic (exact) mass is 445 g/mol. The minimum atomic E-state index is -4.17. The summed E-state index contributed by atoms with van der Waals surface area (Å²) >= 11 is 0. The molecule has 0 radical (unpaired) electrons. The standard InChI is InChI=1S/C22H38F3N5O/c1-21(2,3)28-20(26-18-13-17(29-30-18)14-7-5-4-6-8-14)27-19(31)15-9-11-16(12-10-15)22(23,24)25/h14-18,29-30H,4-13H2,1-3H3,(H2,26,27,28,31). The van der Waals surface area contributed by atoms with Gasteiger partial charge in [-0.05, 0) is 65.2 Å². The SMILES string of the molecule is CC(C)(C)N/C(=N\C1CC(C2CCCCC2)NN1)NC(=O)C1CCC(C(F)(F)F)CC1. The highest BCUT2D eigenvalue weighted by Crippen LogP contribution is 2.39. The summed E-state index contributed by atoms with van der Waals surface area (Å²) in [6.07, 6.45) is 3.41. The van der Waals surface area contributed by atoms with Crippen LogP contribution in [0.15, 0.2) is 4.99 Å². The predicted octanol–water partition coefficient (Wildman–Crippen LogP) is 3.99. The van der Waals surface area contributed by atoms with Gasteiger partial charge in [-0.1, -0.05) is 19.3 Å². The number of carbonyl (C=O) groups excluding carboxylic acids is 1. The summed E-state index contributed by atoms with van der Waals surface area (Å²) < 4.78 is 38.7. The molecular weight excluding hydrogens is 407 g/mol. The lowest BCUT2D eigenvalue weighted by atomic mass is 9.81. The van der Waals surface area contributed by atoms with Crippen molar-refractivity contribution in [2.24, 2.45) is 22.7 Å². The summed E-state index contributed by atoms with van der Waals surface area (Å²) in [5, 5.41) is 6.12. The minimum Gasteiger partial charge on any atom is -0.351 e. The first-order chi connectivity index (χ1) is 14.5. The number of amides is 1. The molecule has 0 spiro atoms. The summed E-state index contributed by atoms with van der Waals surface area (Å²) in [6, 6.07) is 0.373.